The summed E-state index contributed by atoms with van der Waals surface area (Å²) in [6, 6.07) is 5.74. The van der Waals surface area contributed by atoms with Gasteiger partial charge in [-0.25, -0.2) is 14.7 Å². The number of fused-ring (bicyclic) bond motifs is 5. The van der Waals surface area contributed by atoms with Crippen LogP contribution >= 0.6 is 0 Å². The number of rotatable bonds is 5. The van der Waals surface area contributed by atoms with Gasteiger partial charge in [0.05, 0.1) is 11.6 Å². The third kappa shape index (κ3) is 9.39. The monoisotopic (exact) mass is 719 g/mol. The van der Waals surface area contributed by atoms with Gasteiger partial charge in [-0.05, 0) is 98.0 Å². The highest BCUT2D eigenvalue weighted by molar-refractivity contribution is 5.97. The molecule has 1 aliphatic carbocycles. The molecule has 2 aliphatic rings. The number of aliphatic hydroxyl groups is 1. The van der Waals surface area contributed by atoms with Gasteiger partial charge in [0.2, 0.25) is 5.91 Å². The average Bonchev–Trinajstić information content (AvgIpc) is 3.61. The van der Waals surface area contributed by atoms with Crippen LogP contribution in [0.4, 0.5) is 0 Å². The summed E-state index contributed by atoms with van der Waals surface area (Å²) in [5, 5.41) is 21.6. The van der Waals surface area contributed by atoms with Crippen molar-refractivity contribution in [2.45, 2.75) is 140 Å². The molecule has 10 nitrogen and oxygen atoms in total. The van der Waals surface area contributed by atoms with Crippen LogP contribution in [0, 0.1) is 52.3 Å². The molecule has 2 fully saturated rings. The Morgan fingerprint density at radius 1 is 1.10 bits per heavy atom. The van der Waals surface area contributed by atoms with Crippen LogP contribution in [0.2, 0.25) is 0 Å². The second-order valence-electron chi connectivity index (χ2n) is 17.6. The third-order valence-corrected chi connectivity index (χ3v) is 12.6. The largest absolute Gasteiger partial charge is 0.459 e. The van der Waals surface area contributed by atoms with E-state index < -0.39 is 11.7 Å². The number of nitrogens with zero attached hydrogens (tertiary/aromatic N) is 5. The number of cyclic esters (lactones) is 1. The standard InChI is InChI=1S/C42H65N5O5/c1-13-35-42(12,50)34-17-16-33(46-51-25-32-15-18-36(43-24-32)47-22-14-21-44-47)19-20-41(11,23-26(2)37(30(34)6)45-31(7)48)38(40(8,9)10)28(4)27(3)29(5)39(49)52-35/h14-15,18,21-22,24,26-30,34-35,38,50H,13,16-17,19-20,23,25H2,1-12H3/b45-37+,46-33+/t26-,27+,28+,29-,30-,34-,35-,38+,41-,42+/m1/s1. The molecule has 1 saturated carbocycles. The lowest BCUT2D eigenvalue weighted by atomic mass is 9.53. The molecular weight excluding hydrogens is 654 g/mol. The summed E-state index contributed by atoms with van der Waals surface area (Å²) in [6.07, 6.45) is 8.56. The molecule has 10 atom stereocenters. The Morgan fingerprint density at radius 3 is 2.38 bits per heavy atom. The van der Waals surface area contributed by atoms with Crippen LogP contribution in [0.25, 0.3) is 5.82 Å². The first-order valence-corrected chi connectivity index (χ1v) is 19.4. The van der Waals surface area contributed by atoms with Gasteiger partial charge in [-0.1, -0.05) is 80.5 Å². The first-order chi connectivity index (χ1) is 24.3. The van der Waals surface area contributed by atoms with Gasteiger partial charge in [0.1, 0.15) is 18.3 Å². The molecule has 3 heterocycles. The summed E-state index contributed by atoms with van der Waals surface area (Å²) < 4.78 is 8.00. The Morgan fingerprint density at radius 2 is 1.81 bits per heavy atom. The van der Waals surface area contributed by atoms with Crippen molar-refractivity contribution in [3.8, 4) is 5.82 Å². The smallest absolute Gasteiger partial charge is 0.309 e. The Balaban J connectivity index is 1.84. The van der Waals surface area contributed by atoms with Gasteiger partial charge < -0.3 is 14.7 Å². The summed E-state index contributed by atoms with van der Waals surface area (Å²) in [6.45, 7) is 25.6. The van der Waals surface area contributed by atoms with Crippen molar-refractivity contribution in [3.05, 3.63) is 42.4 Å². The second-order valence-corrected chi connectivity index (χ2v) is 17.6. The van der Waals surface area contributed by atoms with Crippen molar-refractivity contribution < 1.29 is 24.3 Å². The van der Waals surface area contributed by atoms with E-state index in [1.54, 1.807) is 24.0 Å². The number of aliphatic imine (C=N–C) groups is 1. The van der Waals surface area contributed by atoms with Gasteiger partial charge >= 0.3 is 5.97 Å². The number of amides is 1. The van der Waals surface area contributed by atoms with E-state index in [9.17, 15) is 14.7 Å². The summed E-state index contributed by atoms with van der Waals surface area (Å²) in [4.78, 5) is 42.0. The average molecular weight is 720 g/mol. The Hall–Kier alpha value is -3.40. The highest BCUT2D eigenvalue weighted by Gasteiger charge is 2.51. The van der Waals surface area contributed by atoms with E-state index in [1.165, 1.54) is 6.92 Å². The lowest BCUT2D eigenvalue weighted by Gasteiger charge is -2.52. The molecule has 1 saturated heterocycles. The molecule has 1 N–H and O–H groups in total. The number of ether oxygens (including phenoxy) is 1. The Labute approximate surface area is 312 Å². The Bertz CT molecular complexity index is 1560. The first-order valence-electron chi connectivity index (χ1n) is 19.4. The van der Waals surface area contributed by atoms with Crippen LogP contribution in [0.1, 0.15) is 127 Å². The van der Waals surface area contributed by atoms with Gasteiger partial charge in [-0.15, -0.1) is 0 Å². The molecule has 1 aliphatic heterocycles. The molecule has 10 heteroatoms. The molecule has 4 rings (SSSR count). The van der Waals surface area contributed by atoms with Crippen LogP contribution in [-0.2, 0) is 25.8 Å². The minimum Gasteiger partial charge on any atom is -0.459 e. The van der Waals surface area contributed by atoms with Crippen LogP contribution in [0.15, 0.2) is 46.9 Å². The summed E-state index contributed by atoms with van der Waals surface area (Å²) >= 11 is 0. The predicted molar refractivity (Wildman–Crippen MR) is 206 cm³/mol. The molecule has 0 radical (unpaired) electrons. The zero-order valence-corrected chi connectivity index (χ0v) is 33.8. The predicted octanol–water partition coefficient (Wildman–Crippen LogP) is 8.64. The van der Waals surface area contributed by atoms with E-state index in [1.807, 2.05) is 38.2 Å². The van der Waals surface area contributed by atoms with Crippen LogP contribution in [-0.4, -0.2) is 54.9 Å². The quantitative estimate of drug-likeness (QED) is 0.242. The van der Waals surface area contributed by atoms with Gasteiger partial charge in [-0.2, -0.15) is 5.10 Å². The number of pyridine rings is 1. The number of carbonyl (C=O) groups is 2. The topological polar surface area (TPSA) is 128 Å². The van der Waals surface area contributed by atoms with E-state index >= 15 is 0 Å². The van der Waals surface area contributed by atoms with Crippen molar-refractivity contribution in [2.75, 3.05) is 0 Å². The van der Waals surface area contributed by atoms with Gasteiger partial charge in [0, 0.05) is 42.7 Å². The molecule has 0 unspecified atom stereocenters. The maximum absolute atomic E-state index is 13.9. The number of oxime groups is 1. The Kier molecular flexibility index (Phi) is 13.3. The molecule has 288 valence electrons. The molecule has 2 aromatic heterocycles. The molecule has 0 aromatic carbocycles. The zero-order chi connectivity index (χ0) is 38.6. The van der Waals surface area contributed by atoms with Crippen molar-refractivity contribution in [1.82, 2.24) is 14.8 Å². The third-order valence-electron chi connectivity index (χ3n) is 12.6. The fourth-order valence-corrected chi connectivity index (χ4v) is 10.0. The SMILES string of the molecule is CC[C@H]1OC(=O)[C@H](C)[C@@H](C)[C@H](C)[C@@H](C(C)(C)C)[C@]2(C)CC/C(=N/OCc3ccc(-n4cccn4)nc3)CC[C@H]([C@@H](C)/C(=N/C(C)=O)[C@H](C)C2)[C@]1(C)O. The van der Waals surface area contributed by atoms with E-state index in [4.69, 9.17) is 19.7 Å². The van der Waals surface area contributed by atoms with Crippen LogP contribution < -0.4 is 0 Å². The van der Waals surface area contributed by atoms with E-state index in [0.717, 1.165) is 42.1 Å². The second kappa shape index (κ2) is 16.7. The highest BCUT2D eigenvalue weighted by Crippen LogP contribution is 2.54. The van der Waals surface area contributed by atoms with E-state index in [0.29, 0.717) is 19.3 Å². The molecule has 2 aromatic rings. The number of hydrogen-bond acceptors (Lipinski definition) is 8. The van der Waals surface area contributed by atoms with Gasteiger partial charge in [0.25, 0.3) is 0 Å². The number of carbonyl (C=O) groups excluding carboxylic acids is 2. The van der Waals surface area contributed by atoms with Gasteiger partial charge in [0.15, 0.2) is 5.82 Å². The van der Waals surface area contributed by atoms with Crippen molar-refractivity contribution in [1.29, 1.82) is 0 Å². The maximum Gasteiger partial charge on any atom is 0.309 e. The van der Waals surface area contributed by atoms with Gasteiger partial charge in [-0.3, -0.25) is 9.59 Å². The van der Waals surface area contributed by atoms with Crippen LogP contribution in [0.3, 0.4) is 0 Å². The molecule has 1 amide bonds. The van der Waals surface area contributed by atoms with Crippen LogP contribution in [0.5, 0.6) is 0 Å². The zero-order valence-electron chi connectivity index (χ0n) is 33.8. The summed E-state index contributed by atoms with van der Waals surface area (Å²) in [7, 11) is 0. The van der Waals surface area contributed by atoms with Crippen molar-refractivity contribution in [3.63, 3.8) is 0 Å². The molecular formula is C42H65N5O5. The fourth-order valence-electron chi connectivity index (χ4n) is 10.0. The maximum atomic E-state index is 13.9. The normalized spacial score (nSPS) is 35.7. The molecule has 52 heavy (non-hydrogen) atoms. The minimum atomic E-state index is -1.40. The summed E-state index contributed by atoms with van der Waals surface area (Å²) in [5.74, 6) is -0.434. The van der Waals surface area contributed by atoms with E-state index in [-0.39, 0.29) is 70.7 Å². The number of esters is 1. The number of aromatic nitrogens is 3. The first kappa shape index (κ1) is 41.4. The lowest BCUT2D eigenvalue weighted by molar-refractivity contribution is -0.180. The number of hydrogen-bond donors (Lipinski definition) is 1. The fraction of sp³-hybridized carbons (Fsp3) is 0.714. The molecule has 0 spiro atoms. The molecule has 2 bridgehead atoms. The van der Waals surface area contributed by atoms with Crippen molar-refractivity contribution in [2.24, 2.45) is 62.4 Å². The lowest BCUT2D eigenvalue weighted by Crippen LogP contribution is -2.53. The minimum absolute atomic E-state index is 0.0201. The highest BCUT2D eigenvalue weighted by atomic mass is 16.6. The summed E-state index contributed by atoms with van der Waals surface area (Å²) in [5.41, 5.74) is 0.906. The van der Waals surface area contributed by atoms with E-state index in [2.05, 4.69) is 65.5 Å². The van der Waals surface area contributed by atoms with Crippen molar-refractivity contribution >= 4 is 23.3 Å².